The van der Waals surface area contributed by atoms with Gasteiger partial charge in [0.25, 0.3) is 5.91 Å². The van der Waals surface area contributed by atoms with E-state index in [1.165, 1.54) is 7.11 Å². The van der Waals surface area contributed by atoms with E-state index in [0.29, 0.717) is 30.9 Å². The lowest BCUT2D eigenvalue weighted by Gasteiger charge is -2.18. The highest BCUT2D eigenvalue weighted by Gasteiger charge is 2.28. The molecular formula is C15H20N2O4S. The summed E-state index contributed by atoms with van der Waals surface area (Å²) in [6, 6.07) is 7.09. The second kappa shape index (κ2) is 6.93. The summed E-state index contributed by atoms with van der Waals surface area (Å²) in [7, 11) is -1.89. The molecule has 2 rings (SSSR count). The summed E-state index contributed by atoms with van der Waals surface area (Å²) in [5.41, 5.74) is 0.525. The van der Waals surface area contributed by atoms with Gasteiger partial charge in [-0.2, -0.15) is 0 Å². The van der Waals surface area contributed by atoms with Crippen molar-refractivity contribution >= 4 is 15.9 Å². The first-order valence-electron chi connectivity index (χ1n) is 7.01. The lowest BCUT2D eigenvalue weighted by molar-refractivity contribution is 0.0784. The molecule has 120 valence electrons. The van der Waals surface area contributed by atoms with Gasteiger partial charge in [-0.3, -0.25) is 4.79 Å². The third kappa shape index (κ3) is 3.86. The van der Waals surface area contributed by atoms with Crippen LogP contribution in [0.5, 0.6) is 5.75 Å². The molecule has 1 fully saturated rings. The maximum absolute atomic E-state index is 12.5. The van der Waals surface area contributed by atoms with E-state index in [1.54, 1.807) is 23.1 Å². The summed E-state index contributed by atoms with van der Waals surface area (Å²) in [5.74, 6) is 0.559. The molecule has 1 aliphatic heterocycles. The fraction of sp³-hybridized carbons (Fsp3) is 0.400. The lowest BCUT2D eigenvalue weighted by Crippen LogP contribution is -2.32. The molecular weight excluding hydrogens is 304 g/mol. The van der Waals surface area contributed by atoms with Gasteiger partial charge in [-0.05, 0) is 24.5 Å². The number of rotatable bonds is 6. The quantitative estimate of drug-likeness (QED) is 0.854. The summed E-state index contributed by atoms with van der Waals surface area (Å²) in [4.78, 5) is 14.2. The van der Waals surface area contributed by atoms with Gasteiger partial charge in [0, 0.05) is 25.0 Å². The lowest BCUT2D eigenvalue weighted by atomic mass is 10.1. The third-order valence-corrected chi connectivity index (χ3v) is 4.71. The molecule has 1 aliphatic rings. The summed E-state index contributed by atoms with van der Waals surface area (Å²) in [5, 5.41) is 0.889. The number of amides is 1. The van der Waals surface area contributed by atoms with Crippen molar-refractivity contribution in [3.8, 4) is 5.75 Å². The van der Waals surface area contributed by atoms with Gasteiger partial charge >= 0.3 is 0 Å². The van der Waals surface area contributed by atoms with Crippen LogP contribution in [0, 0.1) is 5.92 Å². The van der Waals surface area contributed by atoms with E-state index in [2.05, 4.69) is 11.3 Å². The van der Waals surface area contributed by atoms with Crippen LogP contribution in [-0.4, -0.2) is 46.0 Å². The number of hydrogen-bond acceptors (Lipinski definition) is 4. The van der Waals surface area contributed by atoms with E-state index in [1.807, 2.05) is 6.07 Å². The van der Waals surface area contributed by atoms with Gasteiger partial charge in [-0.25, -0.2) is 13.1 Å². The smallest absolute Gasteiger partial charge is 0.257 e. The zero-order chi connectivity index (χ0) is 16.2. The number of benzene rings is 1. The number of nitrogens with one attached hydrogen (secondary N) is 1. The first-order valence-corrected chi connectivity index (χ1v) is 8.56. The Balaban J connectivity index is 1.98. The maximum Gasteiger partial charge on any atom is 0.257 e. The predicted molar refractivity (Wildman–Crippen MR) is 84.1 cm³/mol. The minimum atomic E-state index is -3.42. The highest BCUT2D eigenvalue weighted by Crippen LogP contribution is 2.23. The van der Waals surface area contributed by atoms with Crippen LogP contribution in [0.2, 0.25) is 0 Å². The van der Waals surface area contributed by atoms with Gasteiger partial charge in [-0.15, -0.1) is 0 Å². The number of carbonyl (C=O) groups is 1. The predicted octanol–water partition coefficient (Wildman–Crippen LogP) is 1.22. The van der Waals surface area contributed by atoms with Crippen molar-refractivity contribution in [2.45, 2.75) is 6.42 Å². The average molecular weight is 324 g/mol. The van der Waals surface area contributed by atoms with Gasteiger partial charge in [0.15, 0.2) is 0 Å². The second-order valence-electron chi connectivity index (χ2n) is 5.17. The molecule has 22 heavy (non-hydrogen) atoms. The summed E-state index contributed by atoms with van der Waals surface area (Å²) in [6.45, 7) is 4.69. The Labute approximate surface area is 130 Å². The summed E-state index contributed by atoms with van der Waals surface area (Å²) in [6.07, 6.45) is 0.764. The van der Waals surface area contributed by atoms with Crippen LogP contribution < -0.4 is 9.46 Å². The van der Waals surface area contributed by atoms with Crippen LogP contribution in [0.4, 0.5) is 0 Å². The van der Waals surface area contributed by atoms with Gasteiger partial charge in [-0.1, -0.05) is 18.7 Å². The van der Waals surface area contributed by atoms with Crippen molar-refractivity contribution in [2.24, 2.45) is 5.92 Å². The van der Waals surface area contributed by atoms with Crippen LogP contribution in [-0.2, 0) is 10.0 Å². The maximum atomic E-state index is 12.5. The fourth-order valence-electron chi connectivity index (χ4n) is 2.47. The number of nitrogens with zero attached hydrogens (tertiary/aromatic N) is 1. The van der Waals surface area contributed by atoms with Crippen molar-refractivity contribution in [3.05, 3.63) is 41.8 Å². The van der Waals surface area contributed by atoms with E-state index in [-0.39, 0.29) is 11.8 Å². The van der Waals surface area contributed by atoms with Gasteiger partial charge < -0.3 is 9.64 Å². The first-order chi connectivity index (χ1) is 10.5. The minimum Gasteiger partial charge on any atom is -0.496 e. The Morgan fingerprint density at radius 1 is 1.50 bits per heavy atom. The van der Waals surface area contributed by atoms with E-state index in [0.717, 1.165) is 11.8 Å². The topological polar surface area (TPSA) is 75.7 Å². The number of ether oxygens (including phenoxy) is 1. The van der Waals surface area contributed by atoms with E-state index < -0.39 is 10.0 Å². The van der Waals surface area contributed by atoms with E-state index in [9.17, 15) is 13.2 Å². The molecule has 1 amide bonds. The molecule has 0 spiro atoms. The zero-order valence-electron chi connectivity index (χ0n) is 12.5. The van der Waals surface area contributed by atoms with Crippen LogP contribution in [0.3, 0.4) is 0 Å². The molecule has 1 heterocycles. The molecule has 0 saturated carbocycles. The number of sulfonamides is 1. The molecule has 7 heteroatoms. The Morgan fingerprint density at radius 3 is 2.91 bits per heavy atom. The molecule has 6 nitrogen and oxygen atoms in total. The van der Waals surface area contributed by atoms with Crippen molar-refractivity contribution < 1.29 is 17.9 Å². The van der Waals surface area contributed by atoms with Crippen LogP contribution in [0.25, 0.3) is 0 Å². The molecule has 1 aromatic carbocycles. The van der Waals surface area contributed by atoms with E-state index in [4.69, 9.17) is 4.74 Å². The van der Waals surface area contributed by atoms with Crippen LogP contribution in [0.15, 0.2) is 36.3 Å². The molecule has 0 aliphatic carbocycles. The van der Waals surface area contributed by atoms with Gasteiger partial charge in [0.2, 0.25) is 10.0 Å². The van der Waals surface area contributed by atoms with Gasteiger partial charge in [0.05, 0.1) is 12.7 Å². The highest BCUT2D eigenvalue weighted by molar-refractivity contribution is 7.92. The molecule has 0 radical (unpaired) electrons. The number of likely N-dealkylation sites (tertiary alicyclic amines) is 1. The molecule has 1 aromatic rings. The summed E-state index contributed by atoms with van der Waals surface area (Å²) >= 11 is 0. The van der Waals surface area contributed by atoms with Crippen molar-refractivity contribution in [1.82, 2.24) is 9.62 Å². The number of para-hydroxylation sites is 1. The molecule has 1 N–H and O–H groups in total. The fourth-order valence-corrected chi connectivity index (χ4v) is 3.05. The summed E-state index contributed by atoms with van der Waals surface area (Å²) < 4.78 is 30.4. The van der Waals surface area contributed by atoms with Gasteiger partial charge in [0.1, 0.15) is 5.75 Å². The average Bonchev–Trinajstić information content (AvgIpc) is 3.01. The first kappa shape index (κ1) is 16.5. The van der Waals surface area contributed by atoms with Crippen molar-refractivity contribution in [3.63, 3.8) is 0 Å². The van der Waals surface area contributed by atoms with Crippen molar-refractivity contribution in [1.29, 1.82) is 0 Å². The van der Waals surface area contributed by atoms with Crippen molar-refractivity contribution in [2.75, 3.05) is 26.7 Å². The number of methoxy groups -OCH3 is 1. The largest absolute Gasteiger partial charge is 0.496 e. The normalized spacial score (nSPS) is 18.2. The SMILES string of the molecule is C=CS(=O)(=O)NC[C@H]1CCN(C(=O)c2ccccc2OC)C1. The monoisotopic (exact) mass is 324 g/mol. The Bertz CT molecular complexity index is 657. The Hall–Kier alpha value is -1.86. The van der Waals surface area contributed by atoms with E-state index >= 15 is 0 Å². The number of carbonyl (C=O) groups excluding carboxylic acids is 1. The zero-order valence-corrected chi connectivity index (χ0v) is 13.3. The molecule has 0 bridgehead atoms. The minimum absolute atomic E-state index is 0.0912. The van der Waals surface area contributed by atoms with Crippen LogP contribution in [0.1, 0.15) is 16.8 Å². The Morgan fingerprint density at radius 2 is 2.23 bits per heavy atom. The van der Waals surface area contributed by atoms with Crippen LogP contribution >= 0.6 is 0 Å². The second-order valence-corrected chi connectivity index (χ2v) is 6.88. The Kier molecular flexibility index (Phi) is 5.20. The standard InChI is InChI=1S/C15H20N2O4S/c1-3-22(19,20)16-10-12-8-9-17(11-12)15(18)13-6-4-5-7-14(13)21-2/h3-7,12,16H,1,8-11H2,2H3/t12-/m1/s1. The molecule has 1 saturated heterocycles. The molecule has 1 atom stereocenters. The third-order valence-electron chi connectivity index (χ3n) is 3.70. The highest BCUT2D eigenvalue weighted by atomic mass is 32.2. The molecule has 0 aromatic heterocycles. The number of hydrogen-bond donors (Lipinski definition) is 1. The molecule has 0 unspecified atom stereocenters.